The summed E-state index contributed by atoms with van der Waals surface area (Å²) < 4.78 is 86.3. The molecule has 9 rings (SSSR count). The Morgan fingerprint density at radius 1 is 0.408 bits per heavy atom. The largest absolute Gasteiger partial charge is 0.208 e. The molecule has 0 aliphatic rings. The Kier molecular flexibility index (Phi) is 5.12. The van der Waals surface area contributed by atoms with Crippen molar-refractivity contribution in [3.8, 4) is 67.5 Å². The standard InChI is InChI=1S/C45H29N3S/c1-5-15-30(16-6-1)34-27-35(31-17-7-2-8-18-31)29-36(28-34)37-23-14-26-40-41(37)38-24-13-25-39(42(38)49-40)45-47-43(32-19-9-3-10-20-32)46-44(48-45)33-21-11-4-12-22-33/h1-29H/i3D,4D,9D,10D,11D,12D,19D,20D,21D,22D. The van der Waals surface area contributed by atoms with Crippen molar-refractivity contribution in [1.29, 1.82) is 0 Å². The van der Waals surface area contributed by atoms with Crippen molar-refractivity contribution < 1.29 is 13.7 Å². The molecule has 9 aromatic rings. The minimum Gasteiger partial charge on any atom is -0.208 e. The van der Waals surface area contributed by atoms with Crippen molar-refractivity contribution in [1.82, 2.24) is 15.0 Å². The van der Waals surface area contributed by atoms with Crippen molar-refractivity contribution in [2.24, 2.45) is 0 Å². The Morgan fingerprint density at radius 3 is 1.51 bits per heavy atom. The fourth-order valence-corrected chi connectivity index (χ4v) is 7.32. The van der Waals surface area contributed by atoms with Crippen LogP contribution in [0.3, 0.4) is 0 Å². The Morgan fingerprint density at radius 2 is 0.918 bits per heavy atom. The SMILES string of the molecule is [2H]c1c([2H])c([2H])c(-c2nc(-c3c([2H])c([2H])c([2H])c([2H])c3[2H])nc(-c3cccc4c3sc3cccc(-c5cc(-c6ccccc6)cc(-c6ccccc6)c5)c34)n2)c([2H])c1[2H]. The third kappa shape index (κ3) is 5.48. The highest BCUT2D eigenvalue weighted by molar-refractivity contribution is 7.26. The van der Waals surface area contributed by atoms with Gasteiger partial charge in [0, 0.05) is 36.9 Å². The quantitative estimate of drug-likeness (QED) is 0.179. The lowest BCUT2D eigenvalue weighted by atomic mass is 9.91. The van der Waals surface area contributed by atoms with E-state index in [1.165, 1.54) is 11.3 Å². The molecule has 4 heteroatoms. The first-order valence-electron chi connectivity index (χ1n) is 20.5. The van der Waals surface area contributed by atoms with Crippen LogP contribution >= 0.6 is 11.3 Å². The second-order valence-corrected chi connectivity index (χ2v) is 12.4. The summed E-state index contributed by atoms with van der Waals surface area (Å²) in [4.78, 5) is 13.9. The topological polar surface area (TPSA) is 38.7 Å². The summed E-state index contributed by atoms with van der Waals surface area (Å²) in [7, 11) is 0. The number of hydrogen-bond donors (Lipinski definition) is 0. The van der Waals surface area contributed by atoms with Gasteiger partial charge < -0.3 is 0 Å². The summed E-state index contributed by atoms with van der Waals surface area (Å²) >= 11 is 1.50. The maximum Gasteiger partial charge on any atom is 0.165 e. The van der Waals surface area contributed by atoms with E-state index in [4.69, 9.17) is 23.7 Å². The summed E-state index contributed by atoms with van der Waals surface area (Å²) in [5, 5.41) is 1.88. The predicted octanol–water partition coefficient (Wildman–Crippen LogP) is 12.2. The molecular formula is C45H29N3S. The highest BCUT2D eigenvalue weighted by Gasteiger charge is 2.19. The van der Waals surface area contributed by atoms with Gasteiger partial charge in [-0.25, -0.2) is 15.0 Å². The lowest BCUT2D eigenvalue weighted by molar-refractivity contribution is 1.08. The number of hydrogen-bond acceptors (Lipinski definition) is 4. The minimum absolute atomic E-state index is 0.0276. The molecule has 7 aromatic carbocycles. The first-order valence-corrected chi connectivity index (χ1v) is 16.4. The monoisotopic (exact) mass is 653 g/mol. The normalized spacial score (nSPS) is 14.1. The average molecular weight is 654 g/mol. The van der Waals surface area contributed by atoms with Crippen LogP contribution in [0.15, 0.2) is 176 Å². The molecule has 0 unspecified atom stereocenters. The smallest absolute Gasteiger partial charge is 0.165 e. The van der Waals surface area contributed by atoms with Crippen LogP contribution in [0.25, 0.3) is 87.7 Å². The lowest BCUT2D eigenvalue weighted by Gasteiger charge is -2.12. The fourth-order valence-electron chi connectivity index (χ4n) is 6.09. The molecule has 0 atom stereocenters. The second-order valence-electron chi connectivity index (χ2n) is 11.3. The van der Waals surface area contributed by atoms with Crippen molar-refractivity contribution in [2.45, 2.75) is 0 Å². The third-order valence-corrected chi connectivity index (χ3v) is 9.51. The zero-order chi connectivity index (χ0) is 41.3. The Hall–Kier alpha value is -6.23. The van der Waals surface area contributed by atoms with E-state index < -0.39 is 60.4 Å². The van der Waals surface area contributed by atoms with Crippen LogP contribution in [-0.4, -0.2) is 15.0 Å². The maximum atomic E-state index is 8.72. The minimum atomic E-state index is -0.599. The molecule has 230 valence electrons. The Labute approximate surface area is 302 Å². The van der Waals surface area contributed by atoms with Crippen LogP contribution in [0.5, 0.6) is 0 Å². The van der Waals surface area contributed by atoms with E-state index in [2.05, 4.69) is 53.5 Å². The highest BCUT2D eigenvalue weighted by Crippen LogP contribution is 2.45. The number of thiophene rings is 1. The van der Waals surface area contributed by atoms with Gasteiger partial charge in [0.15, 0.2) is 17.5 Å². The van der Waals surface area contributed by atoms with E-state index in [0.29, 0.717) is 5.56 Å². The van der Waals surface area contributed by atoms with Crippen molar-refractivity contribution in [3.05, 3.63) is 176 Å². The summed E-state index contributed by atoms with van der Waals surface area (Å²) in [5.74, 6) is -0.586. The first-order chi connectivity index (χ1) is 28.4. The molecular weight excluding hydrogens is 615 g/mol. The van der Waals surface area contributed by atoms with Crippen LogP contribution in [0.1, 0.15) is 13.7 Å². The molecule has 0 bridgehead atoms. The molecule has 0 amide bonds. The van der Waals surface area contributed by atoms with Gasteiger partial charge in [-0.3, -0.25) is 0 Å². The molecule has 0 N–H and O–H groups in total. The van der Waals surface area contributed by atoms with Gasteiger partial charge in [0.2, 0.25) is 0 Å². The molecule has 0 spiro atoms. The average Bonchev–Trinajstić information content (AvgIpc) is 3.66. The molecule has 0 fully saturated rings. The summed E-state index contributed by atoms with van der Waals surface area (Å²) in [5.41, 5.74) is 6.17. The molecule has 0 radical (unpaired) electrons. The highest BCUT2D eigenvalue weighted by atomic mass is 32.1. The van der Waals surface area contributed by atoms with E-state index in [0.717, 1.165) is 53.6 Å². The molecule has 0 aliphatic carbocycles. The van der Waals surface area contributed by atoms with Gasteiger partial charge in [0.1, 0.15) is 0 Å². The van der Waals surface area contributed by atoms with Gasteiger partial charge in [-0.2, -0.15) is 0 Å². The second kappa shape index (κ2) is 12.4. The van der Waals surface area contributed by atoms with E-state index in [1.807, 2.05) is 60.7 Å². The summed E-state index contributed by atoms with van der Waals surface area (Å²) in [6.45, 7) is 0. The molecule has 0 saturated carbocycles. The van der Waals surface area contributed by atoms with Gasteiger partial charge in [-0.1, -0.05) is 145 Å². The number of aromatic nitrogens is 3. The van der Waals surface area contributed by atoms with Crippen LogP contribution in [0.2, 0.25) is 0 Å². The van der Waals surface area contributed by atoms with Gasteiger partial charge >= 0.3 is 0 Å². The number of benzene rings is 7. The molecule has 0 saturated heterocycles. The van der Waals surface area contributed by atoms with Crippen LogP contribution < -0.4 is 0 Å². The Bertz CT molecular complexity index is 2970. The van der Waals surface area contributed by atoms with Crippen molar-refractivity contribution >= 4 is 31.5 Å². The van der Waals surface area contributed by atoms with E-state index in [1.54, 1.807) is 6.07 Å². The maximum absolute atomic E-state index is 8.72. The summed E-state index contributed by atoms with van der Waals surface area (Å²) in [6, 6.07) is 33.0. The number of rotatable bonds is 6. The van der Waals surface area contributed by atoms with Crippen LogP contribution in [0, 0.1) is 0 Å². The van der Waals surface area contributed by atoms with Gasteiger partial charge in [-0.05, 0) is 63.7 Å². The van der Waals surface area contributed by atoms with Crippen molar-refractivity contribution in [3.63, 3.8) is 0 Å². The first kappa shape index (κ1) is 20.2. The van der Waals surface area contributed by atoms with Crippen LogP contribution in [-0.2, 0) is 0 Å². The van der Waals surface area contributed by atoms with Crippen molar-refractivity contribution in [2.75, 3.05) is 0 Å². The van der Waals surface area contributed by atoms with E-state index >= 15 is 0 Å². The molecule has 0 aliphatic heterocycles. The lowest BCUT2D eigenvalue weighted by Crippen LogP contribution is -2.00. The number of fused-ring (bicyclic) bond motifs is 3. The van der Waals surface area contributed by atoms with Gasteiger partial charge in [0.25, 0.3) is 0 Å². The van der Waals surface area contributed by atoms with E-state index in [-0.39, 0.29) is 28.6 Å². The number of nitrogens with zero attached hydrogens (tertiary/aromatic N) is 3. The fraction of sp³-hybridized carbons (Fsp3) is 0. The Balaban J connectivity index is 1.31. The molecule has 49 heavy (non-hydrogen) atoms. The molecule has 2 heterocycles. The third-order valence-electron chi connectivity index (χ3n) is 8.30. The zero-order valence-electron chi connectivity index (χ0n) is 35.7. The predicted molar refractivity (Wildman–Crippen MR) is 205 cm³/mol. The molecule has 2 aromatic heterocycles. The van der Waals surface area contributed by atoms with Crippen LogP contribution in [0.4, 0.5) is 0 Å². The zero-order valence-corrected chi connectivity index (χ0v) is 26.5. The summed E-state index contributed by atoms with van der Waals surface area (Å²) in [6.07, 6.45) is 0. The molecule has 3 nitrogen and oxygen atoms in total. The van der Waals surface area contributed by atoms with Gasteiger partial charge in [-0.15, -0.1) is 11.3 Å². The van der Waals surface area contributed by atoms with Gasteiger partial charge in [0.05, 0.1) is 13.7 Å². The van der Waals surface area contributed by atoms with E-state index in [9.17, 15) is 0 Å².